The van der Waals surface area contributed by atoms with Crippen molar-refractivity contribution in [2.24, 2.45) is 0 Å². The molecule has 48 heavy (non-hydrogen) atoms. The van der Waals surface area contributed by atoms with Crippen molar-refractivity contribution in [1.29, 1.82) is 0 Å². The first-order chi connectivity index (χ1) is 22.5. The van der Waals surface area contributed by atoms with Crippen LogP contribution in [0.5, 0.6) is 0 Å². The van der Waals surface area contributed by atoms with Crippen molar-refractivity contribution in [2.75, 3.05) is 0 Å². The summed E-state index contributed by atoms with van der Waals surface area (Å²) in [6.07, 6.45) is 2.42. The van der Waals surface area contributed by atoms with E-state index in [0.717, 1.165) is 12.1 Å². The van der Waals surface area contributed by atoms with Gasteiger partial charge < -0.3 is 50.8 Å². The number of carboxylic acids is 8. The summed E-state index contributed by atoms with van der Waals surface area (Å²) in [6.45, 7) is 0. The van der Waals surface area contributed by atoms with Gasteiger partial charge in [-0.2, -0.15) is 0 Å². The molecule has 0 atom stereocenters. The third kappa shape index (κ3) is 4.82. The van der Waals surface area contributed by atoms with Crippen molar-refractivity contribution >= 4 is 93.1 Å². The zero-order valence-electron chi connectivity index (χ0n) is 23.0. The minimum atomic E-state index is -2.24. The number of rotatable bonds is 8. The second kappa shape index (κ2) is 11.1. The monoisotopic (exact) mass is 662 g/mol. The molecule has 242 valence electrons. The van der Waals surface area contributed by atoms with Crippen molar-refractivity contribution in [2.45, 2.75) is 0 Å². The standard InChI is InChI=1S/C28H14N4O16/c33-21(34)9-7-3-5-1-2-6(29-5)4-8-10(22(35)36)12(24(39)40)18(31-8)16(28(47)48)20-14(26(43)44)13(25(41)42)19(32-20)15(27(45)46)17(30-7)11(9)23(37)38/h1-4,30-31H,(H,33,34)(H,35,36)(H,37,38)(H,39,40)(H,41,42)(H,43,44)(H,45,46)(H,47,48). The highest BCUT2D eigenvalue weighted by atomic mass is 16.4. The lowest BCUT2D eigenvalue weighted by Crippen LogP contribution is -2.12. The summed E-state index contributed by atoms with van der Waals surface area (Å²) >= 11 is 0. The number of hydrogen-bond acceptors (Lipinski definition) is 10. The molecule has 0 aliphatic carbocycles. The Morgan fingerprint density at radius 3 is 1.00 bits per heavy atom. The summed E-state index contributed by atoms with van der Waals surface area (Å²) in [5, 5.41) is 80.5. The van der Waals surface area contributed by atoms with Gasteiger partial charge in [0.2, 0.25) is 0 Å². The molecular weight excluding hydrogens is 648 g/mol. The number of aromatic amines is 2. The highest BCUT2D eigenvalue weighted by Crippen LogP contribution is 2.38. The number of aromatic carboxylic acids is 6. The zero-order valence-corrected chi connectivity index (χ0v) is 23.0. The third-order valence-electron chi connectivity index (χ3n) is 6.96. The second-order valence-corrected chi connectivity index (χ2v) is 9.66. The van der Waals surface area contributed by atoms with Crippen LogP contribution in [-0.4, -0.2) is 109 Å². The van der Waals surface area contributed by atoms with Crippen LogP contribution < -0.4 is 0 Å². The first-order valence-electron chi connectivity index (χ1n) is 12.6. The Morgan fingerprint density at radius 2 is 0.729 bits per heavy atom. The van der Waals surface area contributed by atoms with Crippen LogP contribution in [0.15, 0.2) is 12.1 Å². The van der Waals surface area contributed by atoms with Gasteiger partial charge in [-0.05, 0) is 24.3 Å². The van der Waals surface area contributed by atoms with Gasteiger partial charge in [0.1, 0.15) is 33.4 Å². The van der Waals surface area contributed by atoms with Gasteiger partial charge in [-0.25, -0.2) is 48.3 Å². The molecule has 2 aliphatic rings. The van der Waals surface area contributed by atoms with E-state index in [9.17, 15) is 79.2 Å². The minimum Gasteiger partial charge on any atom is -0.478 e. The molecule has 0 saturated carbocycles. The molecule has 20 heteroatoms. The number of nitrogens with zero attached hydrogens (tertiary/aromatic N) is 2. The van der Waals surface area contributed by atoms with Crippen LogP contribution in [0.3, 0.4) is 0 Å². The summed E-state index contributed by atoms with van der Waals surface area (Å²) in [7, 11) is 0. The Kier molecular flexibility index (Phi) is 7.32. The number of fused-ring (bicyclic) bond motifs is 8. The summed E-state index contributed by atoms with van der Waals surface area (Å²) in [5.74, 6) is -16.8. The van der Waals surface area contributed by atoms with Crippen molar-refractivity contribution in [1.82, 2.24) is 19.9 Å². The molecule has 0 unspecified atom stereocenters. The van der Waals surface area contributed by atoms with E-state index in [1.54, 1.807) is 0 Å². The lowest BCUT2D eigenvalue weighted by atomic mass is 9.98. The van der Waals surface area contributed by atoms with Gasteiger partial charge in [-0.1, -0.05) is 0 Å². The first-order valence-corrected chi connectivity index (χ1v) is 12.6. The normalized spacial score (nSPS) is 12.1. The van der Waals surface area contributed by atoms with Crippen molar-refractivity contribution in [3.63, 3.8) is 0 Å². The molecule has 5 rings (SSSR count). The molecule has 0 amide bonds. The predicted molar refractivity (Wildman–Crippen MR) is 154 cm³/mol. The molecule has 0 spiro atoms. The third-order valence-corrected chi connectivity index (χ3v) is 6.96. The number of aromatic nitrogens is 4. The average Bonchev–Trinajstić information content (AvgIpc) is 3.72. The summed E-state index contributed by atoms with van der Waals surface area (Å²) < 4.78 is 0. The Bertz CT molecular complexity index is 2210. The predicted octanol–water partition coefficient (Wildman–Crippen LogP) is 1.75. The Balaban J connectivity index is 2.30. The maximum atomic E-state index is 12.7. The number of carbonyl (C=O) groups is 8. The van der Waals surface area contributed by atoms with Crippen LogP contribution in [-0.2, 0) is 9.59 Å². The molecule has 10 N–H and O–H groups in total. The van der Waals surface area contributed by atoms with Gasteiger partial charge in [0.25, 0.3) is 0 Å². The molecule has 20 nitrogen and oxygen atoms in total. The van der Waals surface area contributed by atoms with E-state index >= 15 is 0 Å². The van der Waals surface area contributed by atoms with Crippen LogP contribution in [0.25, 0.3) is 45.4 Å². The molecular formula is C28H14N4O16. The quantitative estimate of drug-likeness (QED) is 0.128. The van der Waals surface area contributed by atoms with Gasteiger partial charge in [0, 0.05) is 0 Å². The zero-order chi connectivity index (χ0) is 35.5. The molecule has 3 aromatic heterocycles. The first kappa shape index (κ1) is 31.8. The van der Waals surface area contributed by atoms with Crippen molar-refractivity contribution in [3.05, 3.63) is 68.3 Å². The molecule has 2 aliphatic heterocycles. The lowest BCUT2D eigenvalue weighted by molar-refractivity contribution is -0.132. The smallest absolute Gasteiger partial charge is 0.340 e. The van der Waals surface area contributed by atoms with Gasteiger partial charge in [-0.3, -0.25) is 0 Å². The van der Waals surface area contributed by atoms with Gasteiger partial charge in [-0.15, -0.1) is 0 Å². The maximum absolute atomic E-state index is 12.7. The van der Waals surface area contributed by atoms with E-state index in [1.807, 2.05) is 0 Å². The minimum absolute atomic E-state index is 0.148. The lowest BCUT2D eigenvalue weighted by Gasteiger charge is -2.04. The van der Waals surface area contributed by atoms with Crippen LogP contribution >= 0.6 is 0 Å². The van der Waals surface area contributed by atoms with Crippen LogP contribution in [0, 0.1) is 0 Å². The molecule has 0 saturated heterocycles. The summed E-state index contributed by atoms with van der Waals surface area (Å²) in [6, 6.07) is 1.87. The van der Waals surface area contributed by atoms with Crippen molar-refractivity contribution < 1.29 is 79.2 Å². The number of hydrogen-bond donors (Lipinski definition) is 10. The summed E-state index contributed by atoms with van der Waals surface area (Å²) in [5.41, 5.74) is -17.0. The van der Waals surface area contributed by atoms with E-state index in [1.165, 1.54) is 12.2 Å². The highest BCUT2D eigenvalue weighted by Gasteiger charge is 2.39. The topological polar surface area (TPSA) is 356 Å². The fraction of sp³-hybridized carbons (Fsp3) is 0. The molecule has 8 bridgehead atoms. The number of H-pyrrole nitrogens is 2. The molecule has 3 aromatic rings. The fourth-order valence-electron chi connectivity index (χ4n) is 5.24. The number of nitrogens with one attached hydrogen (secondary N) is 2. The van der Waals surface area contributed by atoms with E-state index in [-0.39, 0.29) is 11.4 Å². The Hall–Kier alpha value is -7.64. The van der Waals surface area contributed by atoms with Crippen molar-refractivity contribution in [3.8, 4) is 0 Å². The summed E-state index contributed by atoms with van der Waals surface area (Å²) in [4.78, 5) is 112. The molecule has 0 radical (unpaired) electrons. The van der Waals surface area contributed by atoms with Crippen LogP contribution in [0.1, 0.15) is 84.9 Å². The van der Waals surface area contributed by atoms with E-state index < -0.39 is 126 Å². The van der Waals surface area contributed by atoms with Gasteiger partial charge in [0.15, 0.2) is 0 Å². The van der Waals surface area contributed by atoms with E-state index in [0.29, 0.717) is 0 Å². The average molecular weight is 662 g/mol. The maximum Gasteiger partial charge on any atom is 0.340 e. The second-order valence-electron chi connectivity index (χ2n) is 9.66. The Morgan fingerprint density at radius 1 is 0.417 bits per heavy atom. The highest BCUT2D eigenvalue weighted by molar-refractivity contribution is 6.39. The fourth-order valence-corrected chi connectivity index (χ4v) is 5.24. The van der Waals surface area contributed by atoms with Gasteiger partial charge in [0.05, 0.1) is 56.0 Å². The molecule has 5 heterocycles. The largest absolute Gasteiger partial charge is 0.478 e. The molecule has 0 aromatic carbocycles. The molecule has 0 fully saturated rings. The van der Waals surface area contributed by atoms with E-state index in [2.05, 4.69) is 19.9 Å². The van der Waals surface area contributed by atoms with Gasteiger partial charge >= 0.3 is 47.8 Å². The van der Waals surface area contributed by atoms with Crippen LogP contribution in [0.2, 0.25) is 0 Å². The number of aliphatic carboxylic acids is 2. The SMILES string of the molecule is O=C(O)C1=C(C(=O)O)c2nc1c(C(=O)O)c1[nH]c(cc3nc(cc4[nH]c(c2C(=O)O)c(C(=O)O)c4C(=O)O)C=C3)c(C(=O)O)c1C(=O)O. The number of carboxylic acid groups (broad SMARTS) is 8. The Labute approximate surface area is 260 Å². The van der Waals surface area contributed by atoms with Crippen LogP contribution in [0.4, 0.5) is 0 Å². The van der Waals surface area contributed by atoms with E-state index in [4.69, 9.17) is 0 Å².